The molecule has 0 aliphatic heterocycles. The summed E-state index contributed by atoms with van der Waals surface area (Å²) in [5, 5.41) is 8.78. The topological polar surface area (TPSA) is 81.8 Å². The molecule has 5 heteroatoms. The molecule has 0 aliphatic carbocycles. The number of hydrogen-bond acceptors (Lipinski definition) is 4. The van der Waals surface area contributed by atoms with Gasteiger partial charge in [0, 0.05) is 6.54 Å². The quantitative estimate of drug-likeness (QED) is 0.748. The molecule has 0 saturated carbocycles. The molecular weight excluding hydrogens is 222 g/mol. The van der Waals surface area contributed by atoms with E-state index in [9.17, 15) is 4.79 Å². The third-order valence-corrected chi connectivity index (χ3v) is 2.06. The molecule has 0 saturated heterocycles. The first-order chi connectivity index (χ1) is 8.17. The lowest BCUT2D eigenvalue weighted by Crippen LogP contribution is -2.34. The minimum Gasteiger partial charge on any atom is -0.494 e. The van der Waals surface area contributed by atoms with Gasteiger partial charge in [0.15, 0.2) is 0 Å². The lowest BCUT2D eigenvalue weighted by Gasteiger charge is -2.13. The molecule has 0 spiro atoms. The molecule has 17 heavy (non-hydrogen) atoms. The Balaban J connectivity index is 2.58. The molecule has 0 heterocycles. The SMILES string of the molecule is CCCOc1ccc(OC(CN)C(=O)O)cc1. The summed E-state index contributed by atoms with van der Waals surface area (Å²) in [6.07, 6.45) is -0.0793. The third kappa shape index (κ3) is 4.32. The fourth-order valence-corrected chi connectivity index (χ4v) is 1.20. The van der Waals surface area contributed by atoms with E-state index >= 15 is 0 Å². The molecule has 1 aromatic carbocycles. The van der Waals surface area contributed by atoms with Crippen molar-refractivity contribution in [2.75, 3.05) is 13.2 Å². The lowest BCUT2D eigenvalue weighted by molar-refractivity contribution is -0.144. The average molecular weight is 239 g/mol. The fraction of sp³-hybridized carbons (Fsp3) is 0.417. The molecule has 0 amide bonds. The molecule has 5 nitrogen and oxygen atoms in total. The van der Waals surface area contributed by atoms with Gasteiger partial charge in [0.05, 0.1) is 6.61 Å². The number of ether oxygens (including phenoxy) is 2. The maximum atomic E-state index is 10.7. The van der Waals surface area contributed by atoms with Gasteiger partial charge in [-0.3, -0.25) is 0 Å². The lowest BCUT2D eigenvalue weighted by atomic mass is 10.3. The zero-order valence-corrected chi connectivity index (χ0v) is 9.76. The van der Waals surface area contributed by atoms with Crippen LogP contribution in [0.5, 0.6) is 11.5 Å². The van der Waals surface area contributed by atoms with E-state index < -0.39 is 12.1 Å². The van der Waals surface area contributed by atoms with Crippen LogP contribution in [0.4, 0.5) is 0 Å². The number of carbonyl (C=O) groups is 1. The van der Waals surface area contributed by atoms with E-state index in [1.807, 2.05) is 6.92 Å². The van der Waals surface area contributed by atoms with Crippen molar-refractivity contribution in [2.45, 2.75) is 19.4 Å². The van der Waals surface area contributed by atoms with Crippen molar-refractivity contribution < 1.29 is 19.4 Å². The normalized spacial score (nSPS) is 11.9. The van der Waals surface area contributed by atoms with Gasteiger partial charge in [-0.25, -0.2) is 4.79 Å². The summed E-state index contributed by atoms with van der Waals surface area (Å²) in [7, 11) is 0. The van der Waals surface area contributed by atoms with Gasteiger partial charge in [0.25, 0.3) is 0 Å². The van der Waals surface area contributed by atoms with Crippen molar-refractivity contribution >= 4 is 5.97 Å². The van der Waals surface area contributed by atoms with Crippen LogP contribution in [-0.2, 0) is 4.79 Å². The largest absolute Gasteiger partial charge is 0.494 e. The highest BCUT2D eigenvalue weighted by atomic mass is 16.5. The van der Waals surface area contributed by atoms with Crippen molar-refractivity contribution in [1.29, 1.82) is 0 Å². The van der Waals surface area contributed by atoms with Crippen LogP contribution < -0.4 is 15.2 Å². The molecule has 0 fully saturated rings. The molecule has 1 atom stereocenters. The molecule has 0 radical (unpaired) electrons. The molecule has 0 aromatic heterocycles. The number of nitrogens with two attached hydrogens (primary N) is 1. The molecule has 1 aromatic rings. The van der Waals surface area contributed by atoms with Crippen molar-refractivity contribution in [3.63, 3.8) is 0 Å². The van der Waals surface area contributed by atoms with Gasteiger partial charge in [0.1, 0.15) is 11.5 Å². The Kier molecular flexibility index (Phi) is 5.29. The Morgan fingerprint density at radius 2 is 1.94 bits per heavy atom. The summed E-state index contributed by atoms with van der Waals surface area (Å²) in [6.45, 7) is 2.61. The number of carboxylic acid groups (broad SMARTS) is 1. The van der Waals surface area contributed by atoms with Gasteiger partial charge in [-0.2, -0.15) is 0 Å². The third-order valence-electron chi connectivity index (χ3n) is 2.06. The van der Waals surface area contributed by atoms with Gasteiger partial charge >= 0.3 is 5.97 Å². The minimum absolute atomic E-state index is 0.0661. The number of hydrogen-bond donors (Lipinski definition) is 2. The second-order valence-corrected chi connectivity index (χ2v) is 3.50. The summed E-state index contributed by atoms with van der Waals surface area (Å²) >= 11 is 0. The van der Waals surface area contributed by atoms with E-state index in [2.05, 4.69) is 0 Å². The summed E-state index contributed by atoms with van der Waals surface area (Å²) < 4.78 is 10.6. The maximum absolute atomic E-state index is 10.7. The number of aliphatic carboxylic acids is 1. The Hall–Kier alpha value is -1.75. The van der Waals surface area contributed by atoms with E-state index in [-0.39, 0.29) is 6.54 Å². The van der Waals surface area contributed by atoms with Crippen LogP contribution in [0.25, 0.3) is 0 Å². The van der Waals surface area contributed by atoms with Gasteiger partial charge in [0.2, 0.25) is 6.10 Å². The highest BCUT2D eigenvalue weighted by Gasteiger charge is 2.16. The van der Waals surface area contributed by atoms with Gasteiger partial charge in [-0.05, 0) is 30.7 Å². The highest BCUT2D eigenvalue weighted by Crippen LogP contribution is 2.18. The van der Waals surface area contributed by atoms with Crippen molar-refractivity contribution in [2.24, 2.45) is 5.73 Å². The molecule has 0 bridgehead atoms. The zero-order valence-electron chi connectivity index (χ0n) is 9.76. The first kappa shape index (κ1) is 13.3. The number of carboxylic acids is 1. The van der Waals surface area contributed by atoms with E-state index in [1.165, 1.54) is 0 Å². The van der Waals surface area contributed by atoms with Crippen LogP contribution >= 0.6 is 0 Å². The summed E-state index contributed by atoms with van der Waals surface area (Å²) in [5.74, 6) is 0.129. The van der Waals surface area contributed by atoms with Crippen LogP contribution in [0, 0.1) is 0 Å². The molecule has 0 aliphatic rings. The van der Waals surface area contributed by atoms with Crippen LogP contribution in [0.1, 0.15) is 13.3 Å². The van der Waals surface area contributed by atoms with E-state index in [0.717, 1.165) is 12.2 Å². The Bertz CT molecular complexity index is 350. The molecule has 1 unspecified atom stereocenters. The predicted octanol–water partition coefficient (Wildman–Crippen LogP) is 1.27. The molecule has 1 rings (SSSR count). The Labute approximate surface area is 100 Å². The van der Waals surface area contributed by atoms with Crippen LogP contribution in [0.3, 0.4) is 0 Å². The van der Waals surface area contributed by atoms with Crippen LogP contribution in [-0.4, -0.2) is 30.3 Å². The van der Waals surface area contributed by atoms with E-state index in [4.69, 9.17) is 20.3 Å². The fourth-order valence-electron chi connectivity index (χ4n) is 1.20. The first-order valence-corrected chi connectivity index (χ1v) is 5.49. The number of benzene rings is 1. The summed E-state index contributed by atoms with van der Waals surface area (Å²) in [6, 6.07) is 6.80. The van der Waals surface area contributed by atoms with Crippen LogP contribution in [0.15, 0.2) is 24.3 Å². The second-order valence-electron chi connectivity index (χ2n) is 3.50. The summed E-state index contributed by atoms with van der Waals surface area (Å²) in [4.78, 5) is 10.7. The first-order valence-electron chi connectivity index (χ1n) is 5.49. The van der Waals surface area contributed by atoms with Gasteiger partial charge < -0.3 is 20.3 Å². The molecule has 3 N–H and O–H groups in total. The highest BCUT2D eigenvalue weighted by molar-refractivity contribution is 5.73. The van der Waals surface area contributed by atoms with E-state index in [0.29, 0.717) is 12.4 Å². The minimum atomic E-state index is -1.07. The Morgan fingerprint density at radius 3 is 2.41 bits per heavy atom. The molecule has 94 valence electrons. The predicted molar refractivity (Wildman–Crippen MR) is 63.3 cm³/mol. The number of rotatable bonds is 7. The van der Waals surface area contributed by atoms with Gasteiger partial charge in [-0.15, -0.1) is 0 Å². The van der Waals surface area contributed by atoms with Crippen molar-refractivity contribution in [3.8, 4) is 11.5 Å². The smallest absolute Gasteiger partial charge is 0.346 e. The monoisotopic (exact) mass is 239 g/mol. The standard InChI is InChI=1S/C12H17NO4/c1-2-7-16-9-3-5-10(6-4-9)17-11(8-13)12(14)15/h3-6,11H,2,7-8,13H2,1H3,(H,14,15). The van der Waals surface area contributed by atoms with Crippen molar-refractivity contribution in [3.05, 3.63) is 24.3 Å². The average Bonchev–Trinajstić information content (AvgIpc) is 2.34. The van der Waals surface area contributed by atoms with Crippen LogP contribution in [0.2, 0.25) is 0 Å². The van der Waals surface area contributed by atoms with Gasteiger partial charge in [-0.1, -0.05) is 6.92 Å². The van der Waals surface area contributed by atoms with E-state index in [1.54, 1.807) is 24.3 Å². The zero-order chi connectivity index (χ0) is 12.7. The molecular formula is C12H17NO4. The summed E-state index contributed by atoms with van der Waals surface area (Å²) in [5.41, 5.74) is 5.29. The maximum Gasteiger partial charge on any atom is 0.346 e. The second kappa shape index (κ2) is 6.75. The Morgan fingerprint density at radius 1 is 1.35 bits per heavy atom. The van der Waals surface area contributed by atoms with Crippen molar-refractivity contribution in [1.82, 2.24) is 0 Å².